The molecule has 2 aromatic heterocycles. The van der Waals surface area contributed by atoms with Gasteiger partial charge in [0.25, 0.3) is 23.5 Å². The highest BCUT2D eigenvalue weighted by Crippen LogP contribution is 2.24. The van der Waals surface area contributed by atoms with Crippen LogP contribution in [0.5, 0.6) is 0 Å². The van der Waals surface area contributed by atoms with Gasteiger partial charge >= 0.3 is 5.97 Å². The third kappa shape index (κ3) is 3.84. The first-order chi connectivity index (χ1) is 14.7. The zero-order chi connectivity index (χ0) is 22.3. The Hall–Kier alpha value is -4.15. The molecule has 0 bridgehead atoms. The number of esters is 1. The molecule has 1 aliphatic heterocycles. The van der Waals surface area contributed by atoms with Crippen molar-refractivity contribution in [3.05, 3.63) is 52.6 Å². The summed E-state index contributed by atoms with van der Waals surface area (Å²) in [5, 5.41) is 6.75. The van der Waals surface area contributed by atoms with Crippen LogP contribution in [-0.4, -0.2) is 61.8 Å². The Morgan fingerprint density at radius 1 is 1.06 bits per heavy atom. The number of aryl methyl sites for hydroxylation is 2. The van der Waals surface area contributed by atoms with Crippen LogP contribution in [0.3, 0.4) is 0 Å². The highest BCUT2D eigenvalue weighted by molar-refractivity contribution is 6.21. The second kappa shape index (κ2) is 7.59. The number of aromatic nitrogens is 4. The van der Waals surface area contributed by atoms with E-state index in [1.54, 1.807) is 0 Å². The van der Waals surface area contributed by atoms with E-state index in [2.05, 4.69) is 20.4 Å². The van der Waals surface area contributed by atoms with Crippen molar-refractivity contribution in [2.45, 2.75) is 20.3 Å². The van der Waals surface area contributed by atoms with Crippen molar-refractivity contribution in [2.75, 3.05) is 19.0 Å². The first kappa shape index (κ1) is 20.1. The van der Waals surface area contributed by atoms with Gasteiger partial charge in [0.15, 0.2) is 12.4 Å². The molecule has 0 spiro atoms. The molecule has 0 saturated carbocycles. The van der Waals surface area contributed by atoms with Gasteiger partial charge in [0.05, 0.1) is 11.1 Å². The third-order valence-electron chi connectivity index (χ3n) is 4.70. The van der Waals surface area contributed by atoms with E-state index < -0.39 is 30.3 Å². The Kier molecular flexibility index (Phi) is 4.93. The summed E-state index contributed by atoms with van der Waals surface area (Å²) >= 11 is 0. The quantitative estimate of drug-likeness (QED) is 0.469. The molecule has 0 aliphatic carbocycles. The predicted octanol–water partition coefficient (Wildman–Crippen LogP) is 0.691. The molecule has 3 aromatic rings. The van der Waals surface area contributed by atoms with Crippen LogP contribution in [-0.2, 0) is 20.7 Å². The number of amides is 3. The number of fused-ring (bicyclic) bond motifs is 2. The molecule has 0 fully saturated rings. The van der Waals surface area contributed by atoms with Gasteiger partial charge in [-0.25, -0.2) is 9.50 Å². The summed E-state index contributed by atoms with van der Waals surface area (Å²) in [6, 6.07) is 6.22. The van der Waals surface area contributed by atoms with Gasteiger partial charge in [-0.3, -0.25) is 24.1 Å². The average molecular weight is 422 g/mol. The number of ether oxygens (including phenoxy) is 1. The fourth-order valence-corrected chi connectivity index (χ4v) is 3.24. The van der Waals surface area contributed by atoms with Gasteiger partial charge < -0.3 is 10.1 Å². The number of carbonyl (C=O) groups is 4. The van der Waals surface area contributed by atoms with Crippen molar-refractivity contribution in [1.29, 1.82) is 0 Å². The van der Waals surface area contributed by atoms with Crippen molar-refractivity contribution >= 4 is 35.2 Å². The lowest BCUT2D eigenvalue weighted by atomic mass is 10.1. The number of hydrogen-bond acceptors (Lipinski definition) is 8. The largest absolute Gasteiger partial charge is 0.455 e. The zero-order valence-corrected chi connectivity index (χ0v) is 17.0. The van der Waals surface area contributed by atoms with E-state index in [1.165, 1.54) is 29.8 Å². The minimum absolute atomic E-state index is 0.208. The average Bonchev–Trinajstić information content (AvgIpc) is 3.21. The number of imide groups is 1. The van der Waals surface area contributed by atoms with E-state index >= 15 is 0 Å². The van der Waals surface area contributed by atoms with Gasteiger partial charge in [0.1, 0.15) is 6.42 Å². The van der Waals surface area contributed by atoms with Gasteiger partial charge in [-0.15, -0.1) is 5.10 Å². The molecule has 3 heterocycles. The molecule has 158 valence electrons. The topological polar surface area (TPSA) is 136 Å². The zero-order valence-electron chi connectivity index (χ0n) is 17.0. The number of hydrogen-bond donors (Lipinski definition) is 1. The van der Waals surface area contributed by atoms with Crippen LogP contribution in [0.15, 0.2) is 24.3 Å². The van der Waals surface area contributed by atoms with E-state index in [0.717, 1.165) is 16.3 Å². The van der Waals surface area contributed by atoms with Crippen molar-refractivity contribution in [2.24, 2.45) is 0 Å². The summed E-state index contributed by atoms with van der Waals surface area (Å²) in [7, 11) is 1.39. The summed E-state index contributed by atoms with van der Waals surface area (Å²) in [6.45, 7) is 3.16. The molecule has 0 radical (unpaired) electrons. The molecule has 0 unspecified atom stereocenters. The van der Waals surface area contributed by atoms with Crippen LogP contribution >= 0.6 is 0 Å². The standard InChI is InChI=1S/C20H18N6O5/c1-10-6-11(2)26-20(21-10)23-15(24-26)8-17(28)31-9-16(27)22-12-4-5-13-14(7-12)19(30)25(3)18(13)29/h4-7H,8-9H2,1-3H3,(H,22,27). The maximum Gasteiger partial charge on any atom is 0.314 e. The van der Waals surface area contributed by atoms with E-state index in [-0.39, 0.29) is 23.4 Å². The molecule has 31 heavy (non-hydrogen) atoms. The van der Waals surface area contributed by atoms with E-state index in [1.807, 2.05) is 19.9 Å². The second-order valence-electron chi connectivity index (χ2n) is 7.09. The lowest BCUT2D eigenvalue weighted by Crippen LogP contribution is -2.24. The van der Waals surface area contributed by atoms with Crippen molar-refractivity contribution < 1.29 is 23.9 Å². The number of nitrogens with zero attached hydrogens (tertiary/aromatic N) is 5. The van der Waals surface area contributed by atoms with Crippen molar-refractivity contribution in [3.8, 4) is 0 Å². The molecule has 11 nitrogen and oxygen atoms in total. The number of benzene rings is 1. The molecule has 1 aromatic carbocycles. The summed E-state index contributed by atoms with van der Waals surface area (Å²) in [6.07, 6.45) is -0.211. The lowest BCUT2D eigenvalue weighted by molar-refractivity contribution is -0.146. The second-order valence-corrected chi connectivity index (χ2v) is 7.09. The maximum atomic E-state index is 12.1. The minimum atomic E-state index is -0.670. The van der Waals surface area contributed by atoms with Gasteiger partial charge in [0, 0.05) is 24.1 Å². The Labute approximate surface area is 176 Å². The van der Waals surface area contributed by atoms with Gasteiger partial charge in [-0.05, 0) is 38.1 Å². The summed E-state index contributed by atoms with van der Waals surface area (Å²) in [5.41, 5.74) is 2.41. The normalized spacial score (nSPS) is 12.9. The summed E-state index contributed by atoms with van der Waals surface area (Å²) in [4.78, 5) is 57.6. The van der Waals surface area contributed by atoms with Crippen LogP contribution in [0.25, 0.3) is 5.78 Å². The molecule has 4 rings (SSSR count). The van der Waals surface area contributed by atoms with Gasteiger partial charge in [-0.2, -0.15) is 4.98 Å². The van der Waals surface area contributed by atoms with Crippen LogP contribution in [0.4, 0.5) is 5.69 Å². The first-order valence-corrected chi connectivity index (χ1v) is 9.35. The Morgan fingerprint density at radius 3 is 2.58 bits per heavy atom. The Morgan fingerprint density at radius 2 is 1.81 bits per heavy atom. The highest BCUT2D eigenvalue weighted by atomic mass is 16.5. The molecule has 11 heteroatoms. The van der Waals surface area contributed by atoms with Crippen LogP contribution in [0.1, 0.15) is 37.9 Å². The van der Waals surface area contributed by atoms with E-state index in [4.69, 9.17) is 4.74 Å². The van der Waals surface area contributed by atoms with Crippen molar-refractivity contribution in [1.82, 2.24) is 24.5 Å². The van der Waals surface area contributed by atoms with Gasteiger partial charge in [-0.1, -0.05) is 0 Å². The fourth-order valence-electron chi connectivity index (χ4n) is 3.24. The van der Waals surface area contributed by atoms with Crippen LogP contribution in [0, 0.1) is 13.8 Å². The fraction of sp³-hybridized carbons (Fsp3) is 0.250. The van der Waals surface area contributed by atoms with E-state index in [9.17, 15) is 19.2 Å². The summed E-state index contributed by atoms with van der Waals surface area (Å²) < 4.78 is 6.52. The monoisotopic (exact) mass is 422 g/mol. The van der Waals surface area contributed by atoms with Gasteiger partial charge in [0.2, 0.25) is 0 Å². The molecule has 1 N–H and O–H groups in total. The van der Waals surface area contributed by atoms with Crippen LogP contribution in [0.2, 0.25) is 0 Å². The molecular formula is C20H18N6O5. The molecular weight excluding hydrogens is 404 g/mol. The minimum Gasteiger partial charge on any atom is -0.455 e. The highest BCUT2D eigenvalue weighted by Gasteiger charge is 2.32. The van der Waals surface area contributed by atoms with Crippen molar-refractivity contribution in [3.63, 3.8) is 0 Å². The maximum absolute atomic E-state index is 12.1. The molecule has 1 aliphatic rings. The smallest absolute Gasteiger partial charge is 0.314 e. The SMILES string of the molecule is Cc1cc(C)n2nc(CC(=O)OCC(=O)Nc3ccc4c(c3)C(=O)N(C)C4=O)nc2n1. The molecule has 0 saturated heterocycles. The lowest BCUT2D eigenvalue weighted by Gasteiger charge is -2.07. The Bertz CT molecular complexity index is 1260. The number of anilines is 1. The molecule has 0 atom stereocenters. The third-order valence-corrected chi connectivity index (χ3v) is 4.70. The predicted molar refractivity (Wildman–Crippen MR) is 106 cm³/mol. The summed E-state index contributed by atoms with van der Waals surface area (Å²) in [5.74, 6) is -1.48. The van der Waals surface area contributed by atoms with Crippen LogP contribution < -0.4 is 5.32 Å². The number of carbonyl (C=O) groups excluding carboxylic acids is 4. The molecule has 3 amide bonds. The van der Waals surface area contributed by atoms with E-state index in [0.29, 0.717) is 11.5 Å². The number of rotatable bonds is 5. The number of nitrogens with one attached hydrogen (secondary N) is 1. The first-order valence-electron chi connectivity index (χ1n) is 9.35. The Balaban J connectivity index is 1.34.